The van der Waals surface area contributed by atoms with E-state index in [4.69, 9.17) is 9.47 Å². The van der Waals surface area contributed by atoms with Crippen molar-refractivity contribution in [2.24, 2.45) is 0 Å². The molecule has 1 aliphatic heterocycles. The zero-order valence-corrected chi connectivity index (χ0v) is 11.7. The van der Waals surface area contributed by atoms with Gasteiger partial charge in [0.2, 0.25) is 0 Å². The molecule has 0 aromatic heterocycles. The van der Waals surface area contributed by atoms with Crippen LogP contribution in [-0.2, 0) is 9.47 Å². The van der Waals surface area contributed by atoms with Gasteiger partial charge in [-0.15, -0.1) is 0 Å². The highest BCUT2D eigenvalue weighted by molar-refractivity contribution is 5.95. The SMILES string of the molecule is COC(=O)c1cc(C)ccc1NC1CCOC(C)C1. The van der Waals surface area contributed by atoms with Gasteiger partial charge in [-0.3, -0.25) is 0 Å². The van der Waals surface area contributed by atoms with E-state index in [1.54, 1.807) is 0 Å². The number of anilines is 1. The molecule has 19 heavy (non-hydrogen) atoms. The van der Waals surface area contributed by atoms with Crippen molar-refractivity contribution in [2.75, 3.05) is 19.0 Å². The highest BCUT2D eigenvalue weighted by Gasteiger charge is 2.21. The smallest absolute Gasteiger partial charge is 0.339 e. The Morgan fingerprint density at radius 3 is 2.95 bits per heavy atom. The fourth-order valence-electron chi connectivity index (χ4n) is 2.41. The van der Waals surface area contributed by atoms with Gasteiger partial charge in [0, 0.05) is 18.3 Å². The van der Waals surface area contributed by atoms with E-state index in [-0.39, 0.29) is 12.1 Å². The number of hydrogen-bond donors (Lipinski definition) is 1. The van der Waals surface area contributed by atoms with E-state index in [1.807, 2.05) is 25.1 Å². The first-order valence-electron chi connectivity index (χ1n) is 6.67. The molecule has 1 aromatic rings. The summed E-state index contributed by atoms with van der Waals surface area (Å²) in [6, 6.07) is 6.14. The van der Waals surface area contributed by atoms with Crippen LogP contribution in [0.4, 0.5) is 5.69 Å². The molecule has 1 fully saturated rings. The van der Waals surface area contributed by atoms with Crippen LogP contribution in [0.25, 0.3) is 0 Å². The zero-order chi connectivity index (χ0) is 13.8. The molecule has 1 N–H and O–H groups in total. The largest absolute Gasteiger partial charge is 0.465 e. The van der Waals surface area contributed by atoms with Crippen LogP contribution in [0, 0.1) is 6.92 Å². The minimum atomic E-state index is -0.300. The molecule has 0 bridgehead atoms. The summed E-state index contributed by atoms with van der Waals surface area (Å²) in [5.41, 5.74) is 2.49. The van der Waals surface area contributed by atoms with Gasteiger partial charge in [0.05, 0.1) is 18.8 Å². The highest BCUT2D eigenvalue weighted by Crippen LogP contribution is 2.23. The standard InChI is InChI=1S/C15H21NO3/c1-10-4-5-14(13(8-10)15(17)18-3)16-12-6-7-19-11(2)9-12/h4-5,8,11-12,16H,6-7,9H2,1-3H3. The van der Waals surface area contributed by atoms with Gasteiger partial charge in [-0.2, -0.15) is 0 Å². The number of hydrogen-bond acceptors (Lipinski definition) is 4. The lowest BCUT2D eigenvalue weighted by atomic mass is 10.0. The van der Waals surface area contributed by atoms with Crippen LogP contribution in [0.1, 0.15) is 35.7 Å². The van der Waals surface area contributed by atoms with Crippen molar-refractivity contribution in [2.45, 2.75) is 38.8 Å². The summed E-state index contributed by atoms with van der Waals surface area (Å²) in [5.74, 6) is -0.300. The van der Waals surface area contributed by atoms with Gasteiger partial charge in [-0.05, 0) is 38.8 Å². The Morgan fingerprint density at radius 1 is 1.47 bits per heavy atom. The number of carbonyl (C=O) groups is 1. The molecule has 0 saturated carbocycles. The second-order valence-corrected chi connectivity index (χ2v) is 5.09. The number of rotatable bonds is 3. The molecule has 2 rings (SSSR count). The molecule has 0 radical (unpaired) electrons. The van der Waals surface area contributed by atoms with Crippen molar-refractivity contribution in [3.63, 3.8) is 0 Å². The first kappa shape index (κ1) is 13.9. The average Bonchev–Trinajstić information content (AvgIpc) is 2.40. The minimum Gasteiger partial charge on any atom is -0.465 e. The van der Waals surface area contributed by atoms with Gasteiger partial charge in [0.1, 0.15) is 0 Å². The maximum Gasteiger partial charge on any atom is 0.339 e. The van der Waals surface area contributed by atoms with E-state index in [0.29, 0.717) is 11.6 Å². The Morgan fingerprint density at radius 2 is 2.26 bits per heavy atom. The number of benzene rings is 1. The summed E-state index contributed by atoms with van der Waals surface area (Å²) in [6.07, 6.45) is 2.17. The normalized spacial score (nSPS) is 22.9. The van der Waals surface area contributed by atoms with Gasteiger partial charge < -0.3 is 14.8 Å². The molecular weight excluding hydrogens is 242 g/mol. The van der Waals surface area contributed by atoms with Crippen molar-refractivity contribution >= 4 is 11.7 Å². The lowest BCUT2D eigenvalue weighted by molar-refractivity contribution is 0.0232. The molecule has 1 aliphatic rings. The van der Waals surface area contributed by atoms with Gasteiger partial charge in [0.15, 0.2) is 0 Å². The fraction of sp³-hybridized carbons (Fsp3) is 0.533. The predicted octanol–water partition coefficient (Wildman–Crippen LogP) is 2.76. The zero-order valence-electron chi connectivity index (χ0n) is 11.7. The molecule has 2 atom stereocenters. The third-order valence-corrected chi connectivity index (χ3v) is 3.43. The van der Waals surface area contributed by atoms with Crippen LogP contribution in [-0.4, -0.2) is 31.8 Å². The summed E-state index contributed by atoms with van der Waals surface area (Å²) < 4.78 is 10.4. The van der Waals surface area contributed by atoms with Gasteiger partial charge in [-0.1, -0.05) is 11.6 Å². The number of aryl methyl sites for hydroxylation is 1. The third kappa shape index (κ3) is 3.47. The first-order chi connectivity index (χ1) is 9.10. The summed E-state index contributed by atoms with van der Waals surface area (Å²) in [5, 5.41) is 3.44. The van der Waals surface area contributed by atoms with Crippen molar-refractivity contribution in [3.05, 3.63) is 29.3 Å². The van der Waals surface area contributed by atoms with Crippen LogP contribution in [0.3, 0.4) is 0 Å². The quantitative estimate of drug-likeness (QED) is 0.852. The van der Waals surface area contributed by atoms with E-state index in [0.717, 1.165) is 30.7 Å². The number of carbonyl (C=O) groups excluding carboxylic acids is 1. The lowest BCUT2D eigenvalue weighted by Crippen LogP contribution is -2.33. The van der Waals surface area contributed by atoms with Crippen LogP contribution >= 0.6 is 0 Å². The van der Waals surface area contributed by atoms with Crippen molar-refractivity contribution in [3.8, 4) is 0 Å². The van der Waals surface area contributed by atoms with Gasteiger partial charge in [-0.25, -0.2) is 4.79 Å². The van der Waals surface area contributed by atoms with E-state index in [2.05, 4.69) is 12.2 Å². The van der Waals surface area contributed by atoms with E-state index < -0.39 is 0 Å². The Labute approximate surface area is 114 Å². The first-order valence-corrected chi connectivity index (χ1v) is 6.67. The molecule has 0 amide bonds. The number of methoxy groups -OCH3 is 1. The summed E-state index contributed by atoms with van der Waals surface area (Å²) in [7, 11) is 1.41. The molecule has 1 saturated heterocycles. The van der Waals surface area contributed by atoms with Gasteiger partial charge in [0.25, 0.3) is 0 Å². The molecule has 4 heteroatoms. The maximum atomic E-state index is 11.8. The molecule has 104 valence electrons. The maximum absolute atomic E-state index is 11.8. The predicted molar refractivity (Wildman–Crippen MR) is 74.6 cm³/mol. The Balaban J connectivity index is 2.17. The molecule has 4 nitrogen and oxygen atoms in total. The highest BCUT2D eigenvalue weighted by atomic mass is 16.5. The molecule has 0 spiro atoms. The average molecular weight is 263 g/mol. The van der Waals surface area contributed by atoms with Crippen LogP contribution in [0.2, 0.25) is 0 Å². The van der Waals surface area contributed by atoms with Crippen molar-refractivity contribution in [1.82, 2.24) is 0 Å². The van der Waals surface area contributed by atoms with Crippen LogP contribution in [0.5, 0.6) is 0 Å². The van der Waals surface area contributed by atoms with Crippen molar-refractivity contribution in [1.29, 1.82) is 0 Å². The molecule has 2 unspecified atom stereocenters. The Bertz CT molecular complexity index is 459. The van der Waals surface area contributed by atoms with E-state index in [9.17, 15) is 4.79 Å². The number of esters is 1. The summed E-state index contributed by atoms with van der Waals surface area (Å²) in [4.78, 5) is 11.8. The Kier molecular flexibility index (Phi) is 4.43. The van der Waals surface area contributed by atoms with Crippen LogP contribution < -0.4 is 5.32 Å². The number of ether oxygens (including phenoxy) is 2. The second kappa shape index (κ2) is 6.06. The molecular formula is C15H21NO3. The van der Waals surface area contributed by atoms with Crippen LogP contribution in [0.15, 0.2) is 18.2 Å². The number of nitrogens with one attached hydrogen (secondary N) is 1. The van der Waals surface area contributed by atoms with Gasteiger partial charge >= 0.3 is 5.97 Å². The minimum absolute atomic E-state index is 0.262. The fourth-order valence-corrected chi connectivity index (χ4v) is 2.41. The van der Waals surface area contributed by atoms with Crippen molar-refractivity contribution < 1.29 is 14.3 Å². The molecule has 1 heterocycles. The molecule has 0 aliphatic carbocycles. The van der Waals surface area contributed by atoms with E-state index in [1.165, 1.54) is 7.11 Å². The Hall–Kier alpha value is -1.55. The summed E-state index contributed by atoms with van der Waals surface area (Å²) in [6.45, 7) is 4.80. The lowest BCUT2D eigenvalue weighted by Gasteiger charge is -2.29. The molecule has 1 aromatic carbocycles. The monoisotopic (exact) mass is 263 g/mol. The topological polar surface area (TPSA) is 47.6 Å². The second-order valence-electron chi connectivity index (χ2n) is 5.09. The van der Waals surface area contributed by atoms with E-state index >= 15 is 0 Å². The third-order valence-electron chi connectivity index (χ3n) is 3.43. The summed E-state index contributed by atoms with van der Waals surface area (Å²) >= 11 is 0.